The van der Waals surface area contributed by atoms with Gasteiger partial charge >= 0.3 is 0 Å². The topological polar surface area (TPSA) is 3.24 Å². The molecule has 0 fully saturated rings. The van der Waals surface area contributed by atoms with Gasteiger partial charge in [0.25, 0.3) is 0 Å². The van der Waals surface area contributed by atoms with Gasteiger partial charge < -0.3 is 4.90 Å². The summed E-state index contributed by atoms with van der Waals surface area (Å²) in [6, 6.07) is 19.5. The molecule has 0 unspecified atom stereocenters. The molecule has 2 aliphatic rings. The van der Waals surface area contributed by atoms with Crippen molar-refractivity contribution in [3.8, 4) is 0 Å². The molecule has 4 rings (SSSR count). The fraction of sp³-hybridized carbons (Fsp3) is 0.143. The van der Waals surface area contributed by atoms with Crippen LogP contribution in [0.5, 0.6) is 0 Å². The molecule has 0 bridgehead atoms. The molecule has 0 atom stereocenters. The van der Waals surface area contributed by atoms with Crippen molar-refractivity contribution in [2.24, 2.45) is 0 Å². The lowest BCUT2D eigenvalue weighted by molar-refractivity contribution is 1.01. The first-order valence-corrected chi connectivity index (χ1v) is 7.81. The van der Waals surface area contributed by atoms with E-state index in [1.54, 1.807) is 0 Å². The fourth-order valence-corrected chi connectivity index (χ4v) is 3.46. The van der Waals surface area contributed by atoms with Crippen LogP contribution in [0.3, 0.4) is 0 Å². The average Bonchev–Trinajstić information content (AvgIpc) is 2.59. The van der Waals surface area contributed by atoms with Crippen molar-refractivity contribution in [3.63, 3.8) is 0 Å². The molecule has 0 N–H and O–H groups in total. The van der Waals surface area contributed by atoms with Crippen LogP contribution in [0.4, 0.5) is 5.69 Å². The molecular formula is C21H19N. The van der Waals surface area contributed by atoms with E-state index in [4.69, 9.17) is 0 Å². The number of rotatable bonds is 2. The summed E-state index contributed by atoms with van der Waals surface area (Å²) < 4.78 is 0. The maximum Gasteiger partial charge on any atom is 0.0484 e. The molecular weight excluding hydrogens is 266 g/mol. The number of para-hydroxylation sites is 1. The third kappa shape index (κ3) is 2.10. The van der Waals surface area contributed by atoms with Gasteiger partial charge in [-0.3, -0.25) is 0 Å². The quantitative estimate of drug-likeness (QED) is 0.752. The molecule has 2 aromatic rings. The van der Waals surface area contributed by atoms with Crippen LogP contribution in [-0.2, 0) is 6.42 Å². The third-order valence-corrected chi connectivity index (χ3v) is 4.56. The van der Waals surface area contributed by atoms with Crippen molar-refractivity contribution in [2.75, 3.05) is 11.9 Å². The van der Waals surface area contributed by atoms with Gasteiger partial charge in [-0.05, 0) is 41.7 Å². The zero-order valence-electron chi connectivity index (χ0n) is 12.8. The number of anilines is 1. The summed E-state index contributed by atoms with van der Waals surface area (Å²) in [5.74, 6) is 0. The Bertz CT molecular complexity index is 794. The van der Waals surface area contributed by atoms with Crippen LogP contribution >= 0.6 is 0 Å². The van der Waals surface area contributed by atoms with Crippen LogP contribution in [0.2, 0.25) is 0 Å². The third-order valence-electron chi connectivity index (χ3n) is 4.56. The van der Waals surface area contributed by atoms with Gasteiger partial charge in [0, 0.05) is 24.0 Å². The van der Waals surface area contributed by atoms with Crippen LogP contribution in [0.1, 0.15) is 17.5 Å². The summed E-state index contributed by atoms with van der Waals surface area (Å²) in [4.78, 5) is 2.32. The summed E-state index contributed by atoms with van der Waals surface area (Å²) >= 11 is 0. The lowest BCUT2D eigenvalue weighted by Gasteiger charge is -2.35. The van der Waals surface area contributed by atoms with E-state index in [1.807, 2.05) is 0 Å². The highest BCUT2D eigenvalue weighted by Gasteiger charge is 2.26. The van der Waals surface area contributed by atoms with Gasteiger partial charge in [-0.25, -0.2) is 0 Å². The van der Waals surface area contributed by atoms with Gasteiger partial charge in [0.1, 0.15) is 0 Å². The van der Waals surface area contributed by atoms with E-state index < -0.39 is 0 Å². The maximum atomic E-state index is 2.32. The molecule has 1 aliphatic heterocycles. The second-order valence-corrected chi connectivity index (χ2v) is 5.88. The Labute approximate surface area is 131 Å². The number of benzene rings is 2. The fourth-order valence-electron chi connectivity index (χ4n) is 3.46. The van der Waals surface area contributed by atoms with E-state index in [0.29, 0.717) is 0 Å². The van der Waals surface area contributed by atoms with Crippen LogP contribution in [0, 0.1) is 0 Å². The summed E-state index contributed by atoms with van der Waals surface area (Å²) in [6.45, 7) is 0. The summed E-state index contributed by atoms with van der Waals surface area (Å²) in [6.07, 6.45) is 8.67. The number of hydrogen-bond acceptors (Lipinski definition) is 1. The Morgan fingerprint density at radius 1 is 0.955 bits per heavy atom. The number of likely N-dealkylation sites (N-methyl/N-ethyl adjacent to an activating group) is 1. The van der Waals surface area contributed by atoms with E-state index in [0.717, 1.165) is 12.8 Å². The Balaban J connectivity index is 1.89. The highest BCUT2D eigenvalue weighted by atomic mass is 15.1. The maximum absolute atomic E-state index is 2.32. The molecule has 0 spiro atoms. The standard InChI is InChI=1S/C21H19N/c1-22-20-13-7-5-11-17(20)19(15-16-9-3-2-4-10-16)18-12-6-8-14-21(18)22/h2-11,13-14H,12,15H2,1H3. The Hall–Kier alpha value is -2.54. The van der Waals surface area contributed by atoms with E-state index >= 15 is 0 Å². The van der Waals surface area contributed by atoms with Gasteiger partial charge in [0.05, 0.1) is 0 Å². The summed E-state index contributed by atoms with van der Waals surface area (Å²) in [7, 11) is 2.17. The predicted molar refractivity (Wildman–Crippen MR) is 93.8 cm³/mol. The largest absolute Gasteiger partial charge is 0.344 e. The van der Waals surface area contributed by atoms with Crippen molar-refractivity contribution >= 4 is 11.3 Å². The first-order chi connectivity index (χ1) is 10.8. The molecule has 0 aromatic heterocycles. The van der Waals surface area contributed by atoms with Crippen molar-refractivity contribution in [1.29, 1.82) is 0 Å². The lowest BCUT2D eigenvalue weighted by Crippen LogP contribution is -2.25. The summed E-state index contributed by atoms with van der Waals surface area (Å²) in [5.41, 5.74) is 8.32. The minimum Gasteiger partial charge on any atom is -0.344 e. The van der Waals surface area contributed by atoms with Crippen LogP contribution in [0.15, 0.2) is 84.1 Å². The Morgan fingerprint density at radius 3 is 2.59 bits per heavy atom. The van der Waals surface area contributed by atoms with Gasteiger partial charge in [0.2, 0.25) is 0 Å². The van der Waals surface area contributed by atoms with E-state index in [2.05, 4.69) is 84.8 Å². The van der Waals surface area contributed by atoms with Crippen molar-refractivity contribution < 1.29 is 0 Å². The minimum absolute atomic E-state index is 0.992. The second kappa shape index (κ2) is 5.34. The molecule has 1 heterocycles. The molecule has 1 aliphatic carbocycles. The zero-order valence-corrected chi connectivity index (χ0v) is 12.8. The van der Waals surface area contributed by atoms with Gasteiger partial charge in [-0.1, -0.05) is 60.7 Å². The number of fused-ring (bicyclic) bond motifs is 2. The molecule has 0 amide bonds. The Morgan fingerprint density at radius 2 is 1.73 bits per heavy atom. The van der Waals surface area contributed by atoms with Crippen LogP contribution in [0.25, 0.3) is 5.57 Å². The van der Waals surface area contributed by atoms with Crippen molar-refractivity contribution in [3.05, 3.63) is 95.2 Å². The van der Waals surface area contributed by atoms with Gasteiger partial charge in [0.15, 0.2) is 0 Å². The average molecular weight is 285 g/mol. The smallest absolute Gasteiger partial charge is 0.0484 e. The number of allylic oxidation sites excluding steroid dienone is 5. The number of nitrogens with zero attached hydrogens (tertiary/aromatic N) is 1. The molecule has 108 valence electrons. The first-order valence-electron chi connectivity index (χ1n) is 7.81. The van der Waals surface area contributed by atoms with E-state index in [9.17, 15) is 0 Å². The number of hydrogen-bond donors (Lipinski definition) is 0. The highest BCUT2D eigenvalue weighted by molar-refractivity contribution is 5.88. The molecule has 0 saturated heterocycles. The predicted octanol–water partition coefficient (Wildman–Crippen LogP) is 4.98. The normalized spacial score (nSPS) is 16.2. The zero-order chi connectivity index (χ0) is 14.9. The van der Waals surface area contributed by atoms with Crippen LogP contribution < -0.4 is 4.90 Å². The summed E-state index contributed by atoms with van der Waals surface area (Å²) in [5, 5.41) is 0. The molecule has 1 nitrogen and oxygen atoms in total. The van der Waals surface area contributed by atoms with Gasteiger partial charge in [-0.2, -0.15) is 0 Å². The first kappa shape index (κ1) is 13.1. The monoisotopic (exact) mass is 285 g/mol. The molecule has 0 saturated carbocycles. The van der Waals surface area contributed by atoms with E-state index in [-0.39, 0.29) is 0 Å². The lowest BCUT2D eigenvalue weighted by atomic mass is 9.84. The molecule has 22 heavy (non-hydrogen) atoms. The van der Waals surface area contributed by atoms with Crippen molar-refractivity contribution in [1.82, 2.24) is 0 Å². The SMILES string of the molecule is CN1C2=CC=CCC2=C(Cc2ccccc2)c2ccccc21. The Kier molecular flexibility index (Phi) is 3.19. The van der Waals surface area contributed by atoms with Gasteiger partial charge in [-0.15, -0.1) is 0 Å². The second-order valence-electron chi connectivity index (χ2n) is 5.88. The minimum atomic E-state index is 0.992. The highest BCUT2D eigenvalue weighted by Crippen LogP contribution is 2.43. The van der Waals surface area contributed by atoms with E-state index in [1.165, 1.54) is 33.7 Å². The molecule has 2 aromatic carbocycles. The van der Waals surface area contributed by atoms with Crippen molar-refractivity contribution in [2.45, 2.75) is 12.8 Å². The molecule has 1 heteroatoms. The molecule has 0 radical (unpaired) electrons. The van der Waals surface area contributed by atoms with Crippen LogP contribution in [-0.4, -0.2) is 7.05 Å².